The molecular weight excluding hydrogens is 422 g/mol. The third-order valence-electron chi connectivity index (χ3n) is 5.78. The maximum atomic E-state index is 13.2. The number of hydrogen-bond acceptors (Lipinski definition) is 7. The Balaban J connectivity index is 1.62. The molecule has 0 spiro atoms. The molecule has 2 atom stereocenters. The quantitative estimate of drug-likeness (QED) is 0.645. The fourth-order valence-corrected chi connectivity index (χ4v) is 4.15. The van der Waals surface area contributed by atoms with Crippen LogP contribution in [0.1, 0.15) is 39.2 Å². The summed E-state index contributed by atoms with van der Waals surface area (Å²) in [6.45, 7) is 9.81. The van der Waals surface area contributed by atoms with Crippen LogP contribution in [0.5, 0.6) is 0 Å². The van der Waals surface area contributed by atoms with E-state index in [1.807, 2.05) is 51.1 Å². The first-order valence-electron chi connectivity index (χ1n) is 11.5. The average molecular weight is 458 g/mol. The minimum Gasteiger partial charge on any atom is -0.379 e. The molecule has 0 saturated carbocycles. The number of nitrogens with zero attached hydrogens (tertiary/aromatic N) is 3. The smallest absolute Gasteiger partial charge is 0.379 e. The number of hydrogen-bond donors (Lipinski definition) is 2. The van der Waals surface area contributed by atoms with E-state index < -0.39 is 17.7 Å². The van der Waals surface area contributed by atoms with E-state index in [1.54, 1.807) is 0 Å². The normalized spacial score (nSPS) is 22.8. The second kappa shape index (κ2) is 11.0. The fraction of sp³-hybridized carbons (Fsp3) is 0.625. The number of carbonyl (C=O) groups excluding carboxylic acids is 2. The number of carbonyl (C=O) groups is 2. The van der Waals surface area contributed by atoms with Crippen molar-refractivity contribution in [2.45, 2.75) is 51.7 Å². The molecule has 1 aromatic carbocycles. The van der Waals surface area contributed by atoms with Crippen molar-refractivity contribution in [1.29, 1.82) is 5.26 Å². The molecule has 2 fully saturated rings. The third-order valence-corrected chi connectivity index (χ3v) is 5.78. The van der Waals surface area contributed by atoms with Crippen LogP contribution < -0.4 is 10.6 Å². The van der Waals surface area contributed by atoms with Gasteiger partial charge in [0.15, 0.2) is 0 Å². The number of nitriles is 1. The first-order valence-corrected chi connectivity index (χ1v) is 11.5. The molecule has 0 bridgehead atoms. The Morgan fingerprint density at radius 1 is 1.21 bits per heavy atom. The number of rotatable bonds is 7. The molecule has 0 aliphatic carbocycles. The molecule has 2 unspecified atom stereocenters. The van der Waals surface area contributed by atoms with E-state index >= 15 is 0 Å². The van der Waals surface area contributed by atoms with Gasteiger partial charge < -0.3 is 20.2 Å². The van der Waals surface area contributed by atoms with Crippen LogP contribution in [-0.2, 0) is 20.9 Å². The van der Waals surface area contributed by atoms with Crippen LogP contribution in [0.25, 0.3) is 0 Å². The topological polar surface area (TPSA) is 107 Å². The lowest BCUT2D eigenvalue weighted by Gasteiger charge is -2.31. The van der Waals surface area contributed by atoms with Gasteiger partial charge in [0, 0.05) is 19.6 Å². The zero-order valence-corrected chi connectivity index (χ0v) is 19.8. The van der Waals surface area contributed by atoms with Gasteiger partial charge in [0.1, 0.15) is 11.6 Å². The highest BCUT2D eigenvalue weighted by atomic mass is 16.7. The van der Waals surface area contributed by atoms with E-state index in [4.69, 9.17) is 9.57 Å². The summed E-state index contributed by atoms with van der Waals surface area (Å²) < 4.78 is 5.26. The number of benzene rings is 1. The van der Waals surface area contributed by atoms with Crippen LogP contribution in [0.4, 0.5) is 4.79 Å². The number of morpholine rings is 1. The van der Waals surface area contributed by atoms with Crippen molar-refractivity contribution in [2.75, 3.05) is 39.4 Å². The van der Waals surface area contributed by atoms with Crippen LogP contribution in [0.15, 0.2) is 30.3 Å². The molecule has 9 nitrogen and oxygen atoms in total. The number of nitrogens with one attached hydrogen (secondary N) is 2. The predicted molar refractivity (Wildman–Crippen MR) is 123 cm³/mol. The molecule has 180 valence electrons. The summed E-state index contributed by atoms with van der Waals surface area (Å²) in [4.78, 5) is 33.2. The zero-order chi connectivity index (χ0) is 23.9. The summed E-state index contributed by atoms with van der Waals surface area (Å²) in [6.07, 6.45) is 0.263. The summed E-state index contributed by atoms with van der Waals surface area (Å²) in [6, 6.07) is 11.6. The molecule has 2 amide bonds. The van der Waals surface area contributed by atoms with Crippen LogP contribution in [0.2, 0.25) is 0 Å². The van der Waals surface area contributed by atoms with Crippen LogP contribution in [0, 0.1) is 16.7 Å². The highest BCUT2D eigenvalue weighted by Crippen LogP contribution is 2.25. The molecule has 0 radical (unpaired) electrons. The molecule has 2 heterocycles. The Morgan fingerprint density at radius 3 is 2.55 bits per heavy atom. The SMILES string of the molecule is CC(C)(C)CC(NC(=O)ON1CCOCC1)C(=O)NC1(C#N)CCN(Cc2ccccc2)C1. The number of likely N-dealkylation sites (tertiary alicyclic amines) is 1. The Kier molecular flexibility index (Phi) is 8.30. The molecule has 2 aliphatic rings. The lowest BCUT2D eigenvalue weighted by atomic mass is 9.87. The van der Waals surface area contributed by atoms with Gasteiger partial charge >= 0.3 is 6.09 Å². The highest BCUT2D eigenvalue weighted by Gasteiger charge is 2.41. The molecule has 2 N–H and O–H groups in total. The zero-order valence-electron chi connectivity index (χ0n) is 19.8. The second-order valence-corrected chi connectivity index (χ2v) is 10.0. The molecule has 9 heteroatoms. The Morgan fingerprint density at radius 2 is 1.91 bits per heavy atom. The van der Waals surface area contributed by atoms with E-state index in [2.05, 4.69) is 21.6 Å². The molecule has 0 aromatic heterocycles. The fourth-order valence-electron chi connectivity index (χ4n) is 4.15. The molecule has 2 aliphatic heterocycles. The highest BCUT2D eigenvalue weighted by molar-refractivity contribution is 5.86. The average Bonchev–Trinajstić information content (AvgIpc) is 3.16. The first-order chi connectivity index (χ1) is 15.7. The summed E-state index contributed by atoms with van der Waals surface area (Å²) in [5, 5.41) is 17.1. The first kappa shape index (κ1) is 25.0. The lowest BCUT2D eigenvalue weighted by Crippen LogP contribution is -2.57. The van der Waals surface area contributed by atoms with Gasteiger partial charge in [0.25, 0.3) is 0 Å². The van der Waals surface area contributed by atoms with Crippen LogP contribution in [0.3, 0.4) is 0 Å². The van der Waals surface area contributed by atoms with Crippen LogP contribution >= 0.6 is 0 Å². The van der Waals surface area contributed by atoms with Gasteiger partial charge in [0.2, 0.25) is 5.91 Å². The minimum absolute atomic E-state index is 0.219. The monoisotopic (exact) mass is 457 g/mol. The van der Waals surface area contributed by atoms with Gasteiger partial charge in [0.05, 0.1) is 32.4 Å². The van der Waals surface area contributed by atoms with Gasteiger partial charge in [-0.15, -0.1) is 5.06 Å². The Bertz CT molecular complexity index is 845. The second-order valence-electron chi connectivity index (χ2n) is 10.0. The van der Waals surface area contributed by atoms with Crippen molar-refractivity contribution in [3.63, 3.8) is 0 Å². The standard InChI is InChI=1S/C24H35N5O4/c1-23(2,3)15-20(26-22(31)33-29-11-13-32-14-12-29)21(30)27-24(17-25)9-10-28(18-24)16-19-7-5-4-6-8-19/h4-8,20H,9-16,18H2,1-3H3,(H,26,31)(H,27,30). The lowest BCUT2D eigenvalue weighted by molar-refractivity contribution is -0.147. The van der Waals surface area contributed by atoms with E-state index in [1.165, 1.54) is 5.06 Å². The third kappa shape index (κ3) is 7.70. The summed E-state index contributed by atoms with van der Waals surface area (Å²) in [5.74, 6) is -0.369. The molecule has 1 aromatic rings. The van der Waals surface area contributed by atoms with Gasteiger partial charge in [-0.1, -0.05) is 51.1 Å². The molecule has 3 rings (SSSR count). The van der Waals surface area contributed by atoms with E-state index in [-0.39, 0.29) is 11.3 Å². The number of amides is 2. The maximum Gasteiger partial charge on any atom is 0.426 e. The summed E-state index contributed by atoms with van der Waals surface area (Å²) in [7, 11) is 0. The van der Waals surface area contributed by atoms with Crippen molar-refractivity contribution >= 4 is 12.0 Å². The van der Waals surface area contributed by atoms with E-state index in [0.29, 0.717) is 52.2 Å². The molecule has 33 heavy (non-hydrogen) atoms. The van der Waals surface area contributed by atoms with Gasteiger partial charge in [-0.3, -0.25) is 9.69 Å². The van der Waals surface area contributed by atoms with Crippen molar-refractivity contribution in [2.24, 2.45) is 5.41 Å². The van der Waals surface area contributed by atoms with Gasteiger partial charge in [-0.25, -0.2) is 4.79 Å². The van der Waals surface area contributed by atoms with E-state index in [9.17, 15) is 14.9 Å². The van der Waals surface area contributed by atoms with Gasteiger partial charge in [-0.05, 0) is 23.8 Å². The van der Waals surface area contributed by atoms with Crippen molar-refractivity contribution < 1.29 is 19.2 Å². The van der Waals surface area contributed by atoms with Crippen LogP contribution in [-0.4, -0.2) is 72.9 Å². The maximum absolute atomic E-state index is 13.2. The predicted octanol–water partition coefficient (Wildman–Crippen LogP) is 2.05. The summed E-state index contributed by atoms with van der Waals surface area (Å²) in [5.41, 5.74) is -0.0448. The Hall–Kier alpha value is -2.67. The van der Waals surface area contributed by atoms with E-state index in [0.717, 1.165) is 12.1 Å². The Labute approximate surface area is 196 Å². The van der Waals surface area contributed by atoms with Gasteiger partial charge in [-0.2, -0.15) is 5.26 Å². The van der Waals surface area contributed by atoms with Crippen molar-refractivity contribution in [3.8, 4) is 6.07 Å². The minimum atomic E-state index is -0.988. The number of hydroxylamine groups is 2. The number of ether oxygens (including phenoxy) is 1. The van der Waals surface area contributed by atoms with Crippen molar-refractivity contribution in [1.82, 2.24) is 20.6 Å². The van der Waals surface area contributed by atoms with Crippen molar-refractivity contribution in [3.05, 3.63) is 35.9 Å². The largest absolute Gasteiger partial charge is 0.426 e. The molecular formula is C24H35N5O4. The summed E-state index contributed by atoms with van der Waals surface area (Å²) >= 11 is 0. The molecule has 2 saturated heterocycles.